The Kier molecular flexibility index (Phi) is 5.37. The molecule has 4 nitrogen and oxygen atoms in total. The van der Waals surface area contributed by atoms with E-state index >= 15 is 0 Å². The van der Waals surface area contributed by atoms with Gasteiger partial charge in [0.2, 0.25) is 10.0 Å². The Bertz CT molecular complexity index is 687. The average molecular weight is 436 g/mol. The van der Waals surface area contributed by atoms with Gasteiger partial charge in [-0.15, -0.1) is 12.4 Å². The lowest BCUT2D eigenvalue weighted by molar-refractivity contribution is -0.140. The van der Waals surface area contributed by atoms with E-state index in [1.165, 1.54) is 10.4 Å². The van der Waals surface area contributed by atoms with E-state index in [0.717, 1.165) is 12.1 Å². The van der Waals surface area contributed by atoms with Crippen molar-refractivity contribution in [2.24, 2.45) is 11.8 Å². The summed E-state index contributed by atoms with van der Waals surface area (Å²) in [6, 6.07) is 3.15. The SMILES string of the molecule is Cl.O=S(=O)(c1ccc(Br)cc1C(F)(F)F)N1C[C@H]2CNC[C@H]2C1. The number of nitrogens with zero attached hydrogens (tertiary/aromatic N) is 1. The molecule has 2 aliphatic rings. The molecule has 0 spiro atoms. The van der Waals surface area contributed by atoms with Gasteiger partial charge in [0.15, 0.2) is 0 Å². The molecular formula is C13H15BrClF3N2O2S. The number of fused-ring (bicyclic) bond motifs is 1. The van der Waals surface area contributed by atoms with Crippen LogP contribution in [0.15, 0.2) is 27.6 Å². The van der Waals surface area contributed by atoms with Crippen molar-refractivity contribution in [3.8, 4) is 0 Å². The molecule has 2 aliphatic heterocycles. The van der Waals surface area contributed by atoms with Gasteiger partial charge in [0.25, 0.3) is 0 Å². The van der Waals surface area contributed by atoms with Gasteiger partial charge < -0.3 is 5.32 Å². The van der Waals surface area contributed by atoms with E-state index in [1.807, 2.05) is 0 Å². The highest BCUT2D eigenvalue weighted by Crippen LogP contribution is 2.38. The average Bonchev–Trinajstić information content (AvgIpc) is 2.98. The monoisotopic (exact) mass is 434 g/mol. The summed E-state index contributed by atoms with van der Waals surface area (Å²) in [5, 5.41) is 3.17. The van der Waals surface area contributed by atoms with Crippen LogP contribution in [0.1, 0.15) is 5.56 Å². The normalized spacial score (nSPS) is 25.2. The maximum Gasteiger partial charge on any atom is 0.417 e. The van der Waals surface area contributed by atoms with Crippen LogP contribution < -0.4 is 5.32 Å². The number of hydrogen-bond donors (Lipinski definition) is 1. The van der Waals surface area contributed by atoms with Crippen molar-refractivity contribution in [1.29, 1.82) is 0 Å². The molecule has 1 N–H and O–H groups in total. The van der Waals surface area contributed by atoms with Crippen molar-refractivity contribution in [2.45, 2.75) is 11.1 Å². The number of rotatable bonds is 2. The molecule has 2 atom stereocenters. The lowest BCUT2D eigenvalue weighted by Gasteiger charge is -2.20. The van der Waals surface area contributed by atoms with Gasteiger partial charge in [-0.25, -0.2) is 8.42 Å². The van der Waals surface area contributed by atoms with Crippen LogP contribution in [0.2, 0.25) is 0 Å². The molecule has 2 saturated heterocycles. The highest BCUT2D eigenvalue weighted by molar-refractivity contribution is 9.10. The summed E-state index contributed by atoms with van der Waals surface area (Å²) >= 11 is 2.96. The summed E-state index contributed by atoms with van der Waals surface area (Å²) in [6.07, 6.45) is -4.72. The van der Waals surface area contributed by atoms with Gasteiger partial charge in [0.1, 0.15) is 0 Å². The summed E-state index contributed by atoms with van der Waals surface area (Å²) in [5.41, 5.74) is -1.13. The van der Waals surface area contributed by atoms with Gasteiger partial charge >= 0.3 is 6.18 Å². The largest absolute Gasteiger partial charge is 0.417 e. The van der Waals surface area contributed by atoms with Gasteiger partial charge in [-0.2, -0.15) is 17.5 Å². The van der Waals surface area contributed by atoms with Gasteiger partial charge in [0.05, 0.1) is 10.5 Å². The summed E-state index contributed by atoms with van der Waals surface area (Å²) in [5.74, 6) is 0.360. The number of benzene rings is 1. The van der Waals surface area contributed by atoms with Crippen molar-refractivity contribution < 1.29 is 21.6 Å². The standard InChI is InChI=1S/C13H14BrF3N2O2S.ClH/c14-10-1-2-12(11(3-10)13(15,16)17)22(20,21)19-6-8-4-18-5-9(8)7-19;/h1-3,8-9,18H,4-7H2;1H/t8-,9+;. The topological polar surface area (TPSA) is 49.4 Å². The van der Waals surface area contributed by atoms with E-state index < -0.39 is 26.7 Å². The molecule has 1 aromatic carbocycles. The fraction of sp³-hybridized carbons (Fsp3) is 0.538. The van der Waals surface area contributed by atoms with Crippen LogP contribution in [-0.4, -0.2) is 38.9 Å². The zero-order valence-corrected chi connectivity index (χ0v) is 15.0. The molecule has 10 heteroatoms. The quantitative estimate of drug-likeness (QED) is 0.777. The Morgan fingerprint density at radius 3 is 2.26 bits per heavy atom. The molecule has 0 bridgehead atoms. The molecule has 0 radical (unpaired) electrons. The fourth-order valence-electron chi connectivity index (χ4n) is 3.10. The van der Waals surface area contributed by atoms with Crippen molar-refractivity contribution >= 4 is 38.4 Å². The highest BCUT2D eigenvalue weighted by Gasteiger charge is 2.44. The lowest BCUT2D eigenvalue weighted by Crippen LogP contribution is -2.33. The van der Waals surface area contributed by atoms with E-state index in [0.29, 0.717) is 13.1 Å². The first-order valence-electron chi connectivity index (χ1n) is 6.77. The summed E-state index contributed by atoms with van der Waals surface area (Å²) in [4.78, 5) is -0.670. The Hall–Kier alpha value is -0.350. The molecule has 23 heavy (non-hydrogen) atoms. The molecule has 0 unspecified atom stereocenters. The minimum absolute atomic E-state index is 0. The summed E-state index contributed by atoms with van der Waals surface area (Å²) in [7, 11) is -4.15. The Morgan fingerprint density at radius 2 is 1.74 bits per heavy atom. The zero-order valence-electron chi connectivity index (χ0n) is 11.8. The molecule has 0 aliphatic carbocycles. The smallest absolute Gasteiger partial charge is 0.316 e. The van der Waals surface area contributed by atoms with Gasteiger partial charge in [-0.3, -0.25) is 0 Å². The van der Waals surface area contributed by atoms with Crippen LogP contribution in [0.4, 0.5) is 13.2 Å². The molecule has 130 valence electrons. The Morgan fingerprint density at radius 1 is 1.17 bits per heavy atom. The second kappa shape index (κ2) is 6.51. The second-order valence-corrected chi connectivity index (χ2v) is 8.46. The van der Waals surface area contributed by atoms with E-state index in [1.54, 1.807) is 0 Å². The molecule has 2 fully saturated rings. The molecular weight excluding hydrogens is 421 g/mol. The predicted molar refractivity (Wildman–Crippen MR) is 85.0 cm³/mol. The highest BCUT2D eigenvalue weighted by atomic mass is 79.9. The maximum atomic E-state index is 13.2. The van der Waals surface area contributed by atoms with Crippen LogP contribution in [0.3, 0.4) is 0 Å². The first kappa shape index (κ1) is 19.0. The molecule has 1 aromatic rings. The Balaban J connectivity index is 0.00000192. The third-order valence-electron chi connectivity index (χ3n) is 4.22. The zero-order chi connectivity index (χ0) is 16.1. The fourth-order valence-corrected chi connectivity index (χ4v) is 5.20. The van der Waals surface area contributed by atoms with Gasteiger partial charge in [-0.05, 0) is 43.1 Å². The third-order valence-corrected chi connectivity index (χ3v) is 6.60. The van der Waals surface area contributed by atoms with Crippen LogP contribution in [0, 0.1) is 11.8 Å². The van der Waals surface area contributed by atoms with Crippen molar-refractivity contribution in [1.82, 2.24) is 9.62 Å². The first-order valence-corrected chi connectivity index (χ1v) is 9.00. The third kappa shape index (κ3) is 3.53. The van der Waals surface area contributed by atoms with E-state index in [2.05, 4.69) is 21.2 Å². The van der Waals surface area contributed by atoms with Crippen LogP contribution >= 0.6 is 28.3 Å². The number of hydrogen-bond acceptors (Lipinski definition) is 3. The summed E-state index contributed by atoms with van der Waals surface area (Å²) in [6.45, 7) is 1.97. The number of nitrogens with one attached hydrogen (secondary N) is 1. The molecule has 2 heterocycles. The van der Waals surface area contributed by atoms with Crippen molar-refractivity contribution in [3.05, 3.63) is 28.2 Å². The molecule has 0 amide bonds. The minimum atomic E-state index is -4.72. The van der Waals surface area contributed by atoms with Crippen molar-refractivity contribution in [3.63, 3.8) is 0 Å². The minimum Gasteiger partial charge on any atom is -0.316 e. The predicted octanol–water partition coefficient (Wildman–Crippen LogP) is 2.73. The van der Waals surface area contributed by atoms with Gasteiger partial charge in [-0.1, -0.05) is 15.9 Å². The van der Waals surface area contributed by atoms with Crippen LogP contribution in [0.5, 0.6) is 0 Å². The second-order valence-electron chi connectivity index (χ2n) is 5.64. The lowest BCUT2D eigenvalue weighted by atomic mass is 10.0. The van der Waals surface area contributed by atoms with E-state index in [9.17, 15) is 21.6 Å². The van der Waals surface area contributed by atoms with E-state index in [-0.39, 0.29) is 41.8 Å². The molecule has 3 rings (SSSR count). The van der Waals surface area contributed by atoms with Gasteiger partial charge in [0, 0.05) is 17.6 Å². The van der Waals surface area contributed by atoms with E-state index in [4.69, 9.17) is 0 Å². The molecule has 0 aromatic heterocycles. The number of alkyl halides is 3. The van der Waals surface area contributed by atoms with Crippen molar-refractivity contribution in [2.75, 3.05) is 26.2 Å². The summed E-state index contributed by atoms with van der Waals surface area (Å²) < 4.78 is 66.1. The number of sulfonamides is 1. The first-order chi connectivity index (χ1) is 10.2. The maximum absolute atomic E-state index is 13.2. The number of halogens is 5. The molecule has 0 saturated carbocycles. The Labute approximate surface area is 147 Å². The van der Waals surface area contributed by atoms with Crippen LogP contribution in [-0.2, 0) is 16.2 Å². The van der Waals surface area contributed by atoms with Crippen LogP contribution in [0.25, 0.3) is 0 Å².